The van der Waals surface area contributed by atoms with Gasteiger partial charge >= 0.3 is 0 Å². The summed E-state index contributed by atoms with van der Waals surface area (Å²) in [6, 6.07) is 13.9. The van der Waals surface area contributed by atoms with Gasteiger partial charge in [0.15, 0.2) is 0 Å². The van der Waals surface area contributed by atoms with Crippen LogP contribution in [0.25, 0.3) is 0 Å². The molecule has 0 aliphatic carbocycles. The molecule has 2 aromatic heterocycles. The third-order valence-electron chi connectivity index (χ3n) is 4.97. The lowest BCUT2D eigenvalue weighted by atomic mass is 9.87. The first kappa shape index (κ1) is 12.8. The summed E-state index contributed by atoms with van der Waals surface area (Å²) in [6.45, 7) is 0. The van der Waals surface area contributed by atoms with E-state index in [0.29, 0.717) is 12.1 Å². The van der Waals surface area contributed by atoms with Crippen molar-refractivity contribution in [2.75, 3.05) is 4.90 Å². The van der Waals surface area contributed by atoms with Crippen LogP contribution in [0.2, 0.25) is 0 Å². The van der Waals surface area contributed by atoms with Crippen LogP contribution >= 0.6 is 0 Å². The second-order valence-electron chi connectivity index (χ2n) is 6.34. The van der Waals surface area contributed by atoms with Gasteiger partial charge in [-0.3, -0.25) is 4.98 Å². The molecule has 0 aromatic carbocycles. The topological polar surface area (TPSA) is 29.0 Å². The molecule has 0 saturated carbocycles. The van der Waals surface area contributed by atoms with Crippen molar-refractivity contribution in [1.29, 1.82) is 0 Å². The molecule has 4 heterocycles. The van der Waals surface area contributed by atoms with Gasteiger partial charge in [0.1, 0.15) is 5.82 Å². The molecule has 3 nitrogen and oxygen atoms in total. The minimum atomic E-state index is 0.673. The average Bonchev–Trinajstić information content (AvgIpc) is 2.80. The van der Waals surface area contributed by atoms with E-state index in [9.17, 15) is 0 Å². The minimum absolute atomic E-state index is 0.673. The number of fused-ring (bicyclic) bond motifs is 2. The van der Waals surface area contributed by atoms with Crippen LogP contribution in [0.4, 0.5) is 5.82 Å². The van der Waals surface area contributed by atoms with Crippen molar-refractivity contribution in [3.05, 3.63) is 54.5 Å². The van der Waals surface area contributed by atoms with Crippen molar-refractivity contribution in [3.8, 4) is 0 Å². The summed E-state index contributed by atoms with van der Waals surface area (Å²) in [4.78, 5) is 11.6. The van der Waals surface area contributed by atoms with Crippen LogP contribution < -0.4 is 4.90 Å². The highest BCUT2D eigenvalue weighted by Gasteiger charge is 2.41. The molecule has 108 valence electrons. The van der Waals surface area contributed by atoms with Gasteiger partial charge in [-0.25, -0.2) is 4.98 Å². The number of hydrogen-bond donors (Lipinski definition) is 0. The van der Waals surface area contributed by atoms with Gasteiger partial charge in [-0.2, -0.15) is 0 Å². The molecule has 1 unspecified atom stereocenters. The number of nitrogens with zero attached hydrogens (tertiary/aromatic N) is 3. The molecule has 2 fully saturated rings. The van der Waals surface area contributed by atoms with Crippen LogP contribution in [0.5, 0.6) is 0 Å². The number of aromatic nitrogens is 2. The van der Waals surface area contributed by atoms with Gasteiger partial charge in [-0.05, 0) is 62.3 Å². The number of anilines is 1. The molecule has 0 amide bonds. The Morgan fingerprint density at radius 2 is 1.62 bits per heavy atom. The zero-order valence-electron chi connectivity index (χ0n) is 12.2. The van der Waals surface area contributed by atoms with Crippen molar-refractivity contribution < 1.29 is 0 Å². The summed E-state index contributed by atoms with van der Waals surface area (Å²) >= 11 is 0. The maximum absolute atomic E-state index is 4.57. The van der Waals surface area contributed by atoms with E-state index in [1.54, 1.807) is 0 Å². The molecule has 21 heavy (non-hydrogen) atoms. The highest BCUT2D eigenvalue weighted by molar-refractivity contribution is 5.43. The summed E-state index contributed by atoms with van der Waals surface area (Å²) in [5, 5.41) is 0. The Balaban J connectivity index is 1.49. The number of piperidine rings is 1. The van der Waals surface area contributed by atoms with Crippen LogP contribution in [0.3, 0.4) is 0 Å². The molecular formula is C18H21N3. The zero-order valence-corrected chi connectivity index (χ0v) is 12.2. The molecule has 3 heteroatoms. The SMILES string of the molecule is c1ccc(CC2C[C@H]3CC[C@@H](C2)N3c2ccccn2)nc1. The predicted octanol–water partition coefficient (Wildman–Crippen LogP) is 3.47. The van der Waals surface area contributed by atoms with Crippen LogP contribution in [0, 0.1) is 5.92 Å². The van der Waals surface area contributed by atoms with E-state index in [2.05, 4.69) is 39.1 Å². The van der Waals surface area contributed by atoms with E-state index < -0.39 is 0 Å². The minimum Gasteiger partial charge on any atom is -0.351 e. The van der Waals surface area contributed by atoms with Crippen molar-refractivity contribution in [2.45, 2.75) is 44.2 Å². The third kappa shape index (κ3) is 2.53. The Labute approximate surface area is 126 Å². The second-order valence-corrected chi connectivity index (χ2v) is 6.34. The highest BCUT2D eigenvalue weighted by Crippen LogP contribution is 2.41. The molecule has 0 N–H and O–H groups in total. The third-order valence-corrected chi connectivity index (χ3v) is 4.97. The van der Waals surface area contributed by atoms with Crippen LogP contribution in [-0.2, 0) is 6.42 Å². The van der Waals surface area contributed by atoms with Gasteiger partial charge in [-0.1, -0.05) is 12.1 Å². The fourth-order valence-corrected chi connectivity index (χ4v) is 4.15. The Kier molecular flexibility index (Phi) is 3.34. The summed E-state index contributed by atoms with van der Waals surface area (Å²) in [7, 11) is 0. The van der Waals surface area contributed by atoms with Gasteiger partial charge in [0, 0.05) is 30.2 Å². The molecule has 4 rings (SSSR count). The van der Waals surface area contributed by atoms with Gasteiger partial charge in [-0.15, -0.1) is 0 Å². The maximum Gasteiger partial charge on any atom is 0.128 e. The lowest BCUT2D eigenvalue weighted by Gasteiger charge is -2.39. The van der Waals surface area contributed by atoms with E-state index >= 15 is 0 Å². The van der Waals surface area contributed by atoms with E-state index in [1.807, 2.05) is 24.5 Å². The first-order chi connectivity index (χ1) is 10.4. The molecular weight excluding hydrogens is 258 g/mol. The normalized spacial score (nSPS) is 27.8. The fraction of sp³-hybridized carbons (Fsp3) is 0.444. The molecule has 0 radical (unpaired) electrons. The van der Waals surface area contributed by atoms with Gasteiger partial charge in [0.2, 0.25) is 0 Å². The smallest absolute Gasteiger partial charge is 0.128 e. The first-order valence-electron chi connectivity index (χ1n) is 7.99. The summed E-state index contributed by atoms with van der Waals surface area (Å²) in [6.07, 6.45) is 10.2. The van der Waals surface area contributed by atoms with E-state index in [-0.39, 0.29) is 0 Å². The molecule has 2 aromatic rings. The largest absolute Gasteiger partial charge is 0.351 e. The summed E-state index contributed by atoms with van der Waals surface area (Å²) in [5.74, 6) is 1.94. The lowest BCUT2D eigenvalue weighted by Crippen LogP contribution is -2.43. The average molecular weight is 279 g/mol. The molecule has 2 aliphatic heterocycles. The van der Waals surface area contributed by atoms with Gasteiger partial charge in [0.05, 0.1) is 0 Å². The molecule has 2 saturated heterocycles. The Bertz CT molecular complexity index is 570. The Hall–Kier alpha value is -1.90. The molecule has 2 aliphatic rings. The Morgan fingerprint density at radius 3 is 2.24 bits per heavy atom. The Morgan fingerprint density at radius 1 is 0.905 bits per heavy atom. The van der Waals surface area contributed by atoms with Crippen LogP contribution in [0.15, 0.2) is 48.8 Å². The monoisotopic (exact) mass is 279 g/mol. The molecule has 2 bridgehead atoms. The second kappa shape index (κ2) is 5.47. The van der Waals surface area contributed by atoms with Crippen molar-refractivity contribution in [2.24, 2.45) is 5.92 Å². The quantitative estimate of drug-likeness (QED) is 0.861. The fourth-order valence-electron chi connectivity index (χ4n) is 4.15. The van der Waals surface area contributed by atoms with Crippen LogP contribution in [0.1, 0.15) is 31.4 Å². The first-order valence-corrected chi connectivity index (χ1v) is 7.99. The summed E-state index contributed by atoms with van der Waals surface area (Å²) < 4.78 is 0. The number of rotatable bonds is 3. The number of pyridine rings is 2. The van der Waals surface area contributed by atoms with Crippen molar-refractivity contribution in [1.82, 2.24) is 9.97 Å². The van der Waals surface area contributed by atoms with Crippen LogP contribution in [-0.4, -0.2) is 22.1 Å². The van der Waals surface area contributed by atoms with Crippen molar-refractivity contribution in [3.63, 3.8) is 0 Å². The van der Waals surface area contributed by atoms with Gasteiger partial charge in [0.25, 0.3) is 0 Å². The summed E-state index contributed by atoms with van der Waals surface area (Å²) in [5.41, 5.74) is 1.24. The predicted molar refractivity (Wildman–Crippen MR) is 84.2 cm³/mol. The van der Waals surface area contributed by atoms with Crippen molar-refractivity contribution >= 4 is 5.82 Å². The van der Waals surface area contributed by atoms with E-state index in [0.717, 1.165) is 12.3 Å². The van der Waals surface area contributed by atoms with Gasteiger partial charge < -0.3 is 4.90 Å². The standard InChI is InChI=1S/C18H21N3/c1-3-9-19-15(5-1)11-14-12-16-7-8-17(13-14)21(16)18-6-2-4-10-20-18/h1-6,9-10,14,16-17H,7-8,11-13H2/t14?,16-,17+. The van der Waals surface area contributed by atoms with E-state index in [1.165, 1.54) is 37.2 Å². The highest BCUT2D eigenvalue weighted by atomic mass is 15.3. The number of hydrogen-bond acceptors (Lipinski definition) is 3. The molecule has 0 spiro atoms. The maximum atomic E-state index is 4.57. The lowest BCUT2D eigenvalue weighted by molar-refractivity contribution is 0.334. The zero-order chi connectivity index (χ0) is 14.1. The molecule has 3 atom stereocenters. The van der Waals surface area contributed by atoms with E-state index in [4.69, 9.17) is 0 Å².